The molecule has 2 N–H and O–H groups in total. The van der Waals surface area contributed by atoms with Crippen LogP contribution in [0.1, 0.15) is 18.5 Å². The zero-order chi connectivity index (χ0) is 14.8. The highest BCUT2D eigenvalue weighted by molar-refractivity contribution is 6.44. The largest absolute Gasteiger partial charge is 0.462 e. The molecule has 9 heteroatoms. The molecule has 0 saturated carbocycles. The molecule has 0 unspecified atom stereocenters. The van der Waals surface area contributed by atoms with E-state index in [1.807, 2.05) is 0 Å². The van der Waals surface area contributed by atoms with E-state index < -0.39 is 17.9 Å². The molecule has 1 atom stereocenters. The highest BCUT2D eigenvalue weighted by Gasteiger charge is 2.49. The molecular weight excluding hydrogens is 358 g/mol. The molecular formula is C11H11Cl4F2NO2. The first-order chi connectivity index (χ1) is 8.73. The third-order valence-electron chi connectivity index (χ3n) is 2.33. The second-order valence-electron chi connectivity index (χ2n) is 3.58. The minimum Gasteiger partial charge on any atom is -0.462 e. The smallest absolute Gasteiger partial charge is 0.379 e. The monoisotopic (exact) mass is 367 g/mol. The highest BCUT2D eigenvalue weighted by atomic mass is 35.5. The van der Waals surface area contributed by atoms with Crippen molar-refractivity contribution in [3.05, 3.63) is 32.8 Å². The van der Waals surface area contributed by atoms with Crippen LogP contribution in [0.15, 0.2) is 12.1 Å². The van der Waals surface area contributed by atoms with Gasteiger partial charge in [-0.3, -0.25) is 0 Å². The standard InChI is InChI=1S/C11H10Cl3F2NO2.ClH/c1-2-19-10(18)11(15,16)9(17)7-5(12)3-4-6(13)8(7)14;/h3-4,9H,2,17H2,1H3;1H/t9-;/m0./s1. The second-order valence-corrected chi connectivity index (χ2v) is 4.77. The summed E-state index contributed by atoms with van der Waals surface area (Å²) in [4.78, 5) is 11.2. The van der Waals surface area contributed by atoms with Gasteiger partial charge in [0.2, 0.25) is 0 Å². The van der Waals surface area contributed by atoms with Crippen molar-refractivity contribution < 1.29 is 18.3 Å². The lowest BCUT2D eigenvalue weighted by Gasteiger charge is -2.23. The number of halogens is 6. The van der Waals surface area contributed by atoms with Crippen molar-refractivity contribution in [2.24, 2.45) is 5.73 Å². The number of nitrogens with two attached hydrogens (primary N) is 1. The maximum atomic E-state index is 13.8. The number of ether oxygens (including phenoxy) is 1. The fraction of sp³-hybridized carbons (Fsp3) is 0.364. The number of rotatable bonds is 4. The van der Waals surface area contributed by atoms with E-state index in [0.29, 0.717) is 0 Å². The predicted octanol–water partition coefficient (Wildman–Crippen LogP) is 4.27. The van der Waals surface area contributed by atoms with Gasteiger partial charge in [-0.2, -0.15) is 8.78 Å². The van der Waals surface area contributed by atoms with E-state index in [-0.39, 0.29) is 39.6 Å². The topological polar surface area (TPSA) is 52.3 Å². The molecule has 0 aliphatic rings. The van der Waals surface area contributed by atoms with Gasteiger partial charge in [-0.1, -0.05) is 34.8 Å². The molecule has 0 saturated heterocycles. The van der Waals surface area contributed by atoms with Crippen LogP contribution in [0.5, 0.6) is 0 Å². The van der Waals surface area contributed by atoms with Crippen molar-refractivity contribution in [1.82, 2.24) is 0 Å². The molecule has 0 aliphatic carbocycles. The maximum absolute atomic E-state index is 13.8. The SMILES string of the molecule is CCOC(=O)C(F)(F)[C@@H](N)c1c(Cl)ccc(Cl)c1Cl.Cl. The first-order valence-corrected chi connectivity index (χ1v) is 6.30. The molecule has 3 nitrogen and oxygen atoms in total. The van der Waals surface area contributed by atoms with Crippen LogP contribution in [0.4, 0.5) is 8.78 Å². The Morgan fingerprint density at radius 3 is 2.35 bits per heavy atom. The Hall–Kier alpha value is -0.330. The molecule has 1 aromatic rings. The summed E-state index contributed by atoms with van der Waals surface area (Å²) in [5.41, 5.74) is 5.10. The van der Waals surface area contributed by atoms with Crippen LogP contribution < -0.4 is 5.73 Å². The number of esters is 1. The Morgan fingerprint density at radius 1 is 1.35 bits per heavy atom. The first-order valence-electron chi connectivity index (χ1n) is 5.17. The van der Waals surface area contributed by atoms with Gasteiger partial charge in [-0.25, -0.2) is 4.79 Å². The quantitative estimate of drug-likeness (QED) is 0.637. The molecule has 20 heavy (non-hydrogen) atoms. The average Bonchev–Trinajstić information content (AvgIpc) is 2.34. The zero-order valence-electron chi connectivity index (χ0n) is 10.1. The van der Waals surface area contributed by atoms with Crippen LogP contribution in [0.25, 0.3) is 0 Å². The summed E-state index contributed by atoms with van der Waals surface area (Å²) in [6.07, 6.45) is 0. The number of benzene rings is 1. The third kappa shape index (κ3) is 3.86. The molecule has 0 bridgehead atoms. The van der Waals surface area contributed by atoms with Gasteiger partial charge >= 0.3 is 11.9 Å². The first kappa shape index (κ1) is 19.7. The van der Waals surface area contributed by atoms with Crippen LogP contribution in [0, 0.1) is 0 Å². The van der Waals surface area contributed by atoms with Crippen LogP contribution in [0.2, 0.25) is 15.1 Å². The Morgan fingerprint density at radius 2 is 1.85 bits per heavy atom. The van der Waals surface area contributed by atoms with E-state index in [0.717, 1.165) is 0 Å². The number of hydrogen-bond donors (Lipinski definition) is 1. The van der Waals surface area contributed by atoms with E-state index in [2.05, 4.69) is 4.74 Å². The van der Waals surface area contributed by atoms with E-state index in [4.69, 9.17) is 40.5 Å². The minimum absolute atomic E-state index is 0. The molecule has 0 aromatic heterocycles. The average molecular weight is 369 g/mol. The fourth-order valence-electron chi connectivity index (χ4n) is 1.36. The molecule has 0 aliphatic heterocycles. The Bertz CT molecular complexity index is 500. The Kier molecular flexibility index (Phi) is 7.49. The van der Waals surface area contributed by atoms with E-state index in [1.165, 1.54) is 19.1 Å². The lowest BCUT2D eigenvalue weighted by molar-refractivity contribution is -0.174. The minimum atomic E-state index is -3.96. The van der Waals surface area contributed by atoms with Crippen molar-refractivity contribution in [2.75, 3.05) is 6.61 Å². The van der Waals surface area contributed by atoms with E-state index in [1.54, 1.807) is 0 Å². The van der Waals surface area contributed by atoms with Crippen LogP contribution in [-0.4, -0.2) is 18.5 Å². The van der Waals surface area contributed by atoms with E-state index in [9.17, 15) is 13.6 Å². The predicted molar refractivity (Wildman–Crippen MR) is 77.2 cm³/mol. The van der Waals surface area contributed by atoms with Gasteiger partial charge in [-0.15, -0.1) is 12.4 Å². The molecule has 0 radical (unpaired) electrons. The van der Waals surface area contributed by atoms with Gasteiger partial charge in [0.1, 0.15) is 6.04 Å². The normalized spacial score (nSPS) is 12.6. The lowest BCUT2D eigenvalue weighted by Crippen LogP contribution is -2.42. The van der Waals surface area contributed by atoms with Crippen molar-refractivity contribution in [3.63, 3.8) is 0 Å². The molecule has 1 rings (SSSR count). The molecule has 0 heterocycles. The summed E-state index contributed by atoms with van der Waals surface area (Å²) in [5, 5.41) is -0.312. The highest BCUT2D eigenvalue weighted by Crippen LogP contribution is 2.40. The summed E-state index contributed by atoms with van der Waals surface area (Å²) in [5.74, 6) is -5.71. The van der Waals surface area contributed by atoms with Gasteiger partial charge < -0.3 is 10.5 Å². The zero-order valence-corrected chi connectivity index (χ0v) is 13.2. The molecule has 1 aromatic carbocycles. The summed E-state index contributed by atoms with van der Waals surface area (Å²) in [7, 11) is 0. The van der Waals surface area contributed by atoms with Crippen LogP contribution >= 0.6 is 47.2 Å². The second kappa shape index (κ2) is 7.61. The van der Waals surface area contributed by atoms with Gasteiger partial charge in [0.05, 0.1) is 16.7 Å². The Labute approximate surface area is 135 Å². The number of hydrogen-bond acceptors (Lipinski definition) is 3. The molecule has 0 spiro atoms. The summed E-state index contributed by atoms with van der Waals surface area (Å²) in [6.45, 7) is 1.21. The van der Waals surface area contributed by atoms with Crippen molar-refractivity contribution >= 4 is 53.2 Å². The number of alkyl halides is 2. The van der Waals surface area contributed by atoms with Crippen LogP contribution in [0.3, 0.4) is 0 Å². The van der Waals surface area contributed by atoms with Crippen molar-refractivity contribution in [1.29, 1.82) is 0 Å². The molecule has 0 fully saturated rings. The van der Waals surface area contributed by atoms with Crippen molar-refractivity contribution in [2.45, 2.75) is 18.9 Å². The summed E-state index contributed by atoms with van der Waals surface area (Å²) < 4.78 is 31.9. The third-order valence-corrected chi connectivity index (χ3v) is 3.48. The fourth-order valence-corrected chi connectivity index (χ4v) is 2.13. The Balaban J connectivity index is 0.00000361. The van der Waals surface area contributed by atoms with Crippen LogP contribution in [-0.2, 0) is 9.53 Å². The number of carbonyl (C=O) groups is 1. The van der Waals surface area contributed by atoms with E-state index >= 15 is 0 Å². The van der Waals surface area contributed by atoms with Gasteiger partial charge in [-0.05, 0) is 19.1 Å². The number of carbonyl (C=O) groups excluding carboxylic acids is 1. The summed E-state index contributed by atoms with van der Waals surface area (Å²) >= 11 is 17.3. The maximum Gasteiger partial charge on any atom is 0.379 e. The molecule has 114 valence electrons. The van der Waals surface area contributed by atoms with Crippen molar-refractivity contribution in [3.8, 4) is 0 Å². The summed E-state index contributed by atoms with van der Waals surface area (Å²) in [6, 6.07) is 0.558. The van der Waals surface area contributed by atoms with Gasteiger partial charge in [0.15, 0.2) is 0 Å². The van der Waals surface area contributed by atoms with Gasteiger partial charge in [0, 0.05) is 10.6 Å². The van der Waals surface area contributed by atoms with Gasteiger partial charge in [0.25, 0.3) is 0 Å². The molecule has 0 amide bonds. The lowest BCUT2D eigenvalue weighted by atomic mass is 10.0.